The lowest BCUT2D eigenvalue weighted by atomic mass is 10.0. The third kappa shape index (κ3) is 6.84. The van der Waals surface area contributed by atoms with Crippen LogP contribution in [0.4, 0.5) is 0 Å². The van der Waals surface area contributed by atoms with Crippen molar-refractivity contribution in [2.45, 2.75) is 47.3 Å². The highest BCUT2D eigenvalue weighted by molar-refractivity contribution is 5.83. The Balaban J connectivity index is 0.000000192. The largest absolute Gasteiger partial charge is 0.461 e. The van der Waals surface area contributed by atoms with Crippen LogP contribution < -0.4 is 5.73 Å². The number of carbonyl (C=O) groups is 1. The number of nitrogens with one attached hydrogen (secondary N) is 2. The van der Waals surface area contributed by atoms with Crippen molar-refractivity contribution in [3.8, 4) is 22.3 Å². The fourth-order valence-corrected chi connectivity index (χ4v) is 5.10. The normalized spacial score (nSPS) is 10.8. The maximum Gasteiger partial charge on any atom is 0.306 e. The molecule has 7 aromatic rings. The van der Waals surface area contributed by atoms with Crippen LogP contribution in [0.3, 0.4) is 0 Å². The van der Waals surface area contributed by atoms with Gasteiger partial charge >= 0.3 is 5.97 Å². The van der Waals surface area contributed by atoms with Gasteiger partial charge in [-0.05, 0) is 54.8 Å². The fraction of sp³-hybridized carbons (Fsp3) is 0.206. The molecule has 0 spiro atoms. The number of aryl methyl sites for hydroxylation is 3. The standard InChI is InChI=1S/C21H19N3O3.C12H12N4O.CH4/c1-14-21(16-7-8-17-19(11-16)23-13-22-17)18(24-27-14)9-10-20(25)26-12-15-5-3-2-4-6-15;1-7-12(11(5-13)16-17-7)8-2-3-9-10(4-8)15-6-14-9;/h2-8,11,13H,9-10,12H2,1H3,(H,22,23);2-4,6H,5,13H2,1H3,(H,14,15);1H4. The highest BCUT2D eigenvalue weighted by atomic mass is 16.5. The molecule has 4 heterocycles. The summed E-state index contributed by atoms with van der Waals surface area (Å²) in [4.78, 5) is 26.7. The molecule has 0 atom stereocenters. The number of imidazole rings is 2. The Labute approximate surface area is 259 Å². The van der Waals surface area contributed by atoms with E-state index in [4.69, 9.17) is 19.5 Å². The summed E-state index contributed by atoms with van der Waals surface area (Å²) in [6, 6.07) is 21.6. The first-order valence-corrected chi connectivity index (χ1v) is 14.2. The summed E-state index contributed by atoms with van der Waals surface area (Å²) >= 11 is 0. The quantitative estimate of drug-likeness (QED) is 0.158. The van der Waals surface area contributed by atoms with E-state index in [0.29, 0.717) is 13.0 Å². The molecule has 45 heavy (non-hydrogen) atoms. The lowest BCUT2D eigenvalue weighted by Gasteiger charge is -2.05. The molecule has 0 amide bonds. The molecule has 4 aromatic heterocycles. The first-order valence-electron chi connectivity index (χ1n) is 14.2. The highest BCUT2D eigenvalue weighted by Gasteiger charge is 2.17. The van der Waals surface area contributed by atoms with Gasteiger partial charge in [0.2, 0.25) is 0 Å². The zero-order chi connectivity index (χ0) is 30.5. The van der Waals surface area contributed by atoms with Crippen LogP contribution in [0.2, 0.25) is 0 Å². The number of H-pyrrole nitrogens is 2. The Kier molecular flexibility index (Phi) is 9.49. The summed E-state index contributed by atoms with van der Waals surface area (Å²) in [6.45, 7) is 4.41. The highest BCUT2D eigenvalue weighted by Crippen LogP contribution is 2.31. The Morgan fingerprint density at radius 2 is 1.36 bits per heavy atom. The zero-order valence-electron chi connectivity index (χ0n) is 24.3. The molecule has 0 saturated heterocycles. The second-order valence-corrected chi connectivity index (χ2v) is 10.2. The SMILES string of the molecule is C.Cc1onc(CCC(=O)OCc2ccccc2)c1-c1ccc2nc[nH]c2c1.Cc1onc(CN)c1-c1ccc2nc[nH]c2c1. The maximum absolute atomic E-state index is 12.1. The zero-order valence-corrected chi connectivity index (χ0v) is 24.3. The summed E-state index contributed by atoms with van der Waals surface area (Å²) in [5.74, 6) is 1.25. The van der Waals surface area contributed by atoms with Crippen molar-refractivity contribution in [3.05, 3.63) is 108 Å². The average molecular weight is 606 g/mol. The first kappa shape index (κ1) is 30.9. The molecule has 0 fully saturated rings. The molecule has 7 rings (SSSR count). The summed E-state index contributed by atoms with van der Waals surface area (Å²) in [7, 11) is 0. The number of nitrogens with two attached hydrogens (primary N) is 1. The number of fused-ring (bicyclic) bond motifs is 2. The lowest BCUT2D eigenvalue weighted by molar-refractivity contribution is -0.144. The van der Waals surface area contributed by atoms with Crippen LogP contribution in [0.15, 0.2) is 88.4 Å². The Hall–Kier alpha value is -5.55. The topological polar surface area (TPSA) is 162 Å². The molecule has 0 aliphatic carbocycles. The minimum Gasteiger partial charge on any atom is -0.461 e. The predicted molar refractivity (Wildman–Crippen MR) is 172 cm³/mol. The fourth-order valence-electron chi connectivity index (χ4n) is 5.10. The number of rotatable bonds is 8. The van der Waals surface area contributed by atoms with Gasteiger partial charge in [0, 0.05) is 24.1 Å². The smallest absolute Gasteiger partial charge is 0.306 e. The van der Waals surface area contributed by atoms with E-state index in [9.17, 15) is 4.79 Å². The summed E-state index contributed by atoms with van der Waals surface area (Å²) in [5, 5.41) is 8.09. The molecule has 0 radical (unpaired) electrons. The van der Waals surface area contributed by atoms with Crippen LogP contribution >= 0.6 is 0 Å². The monoisotopic (exact) mass is 605 g/mol. The van der Waals surface area contributed by atoms with Crippen molar-refractivity contribution in [2.24, 2.45) is 5.73 Å². The molecule has 230 valence electrons. The number of hydrogen-bond donors (Lipinski definition) is 3. The van der Waals surface area contributed by atoms with E-state index in [1.807, 2.05) is 80.6 Å². The minimum absolute atomic E-state index is 0. The van der Waals surface area contributed by atoms with Gasteiger partial charge < -0.3 is 29.5 Å². The van der Waals surface area contributed by atoms with Gasteiger partial charge in [-0.3, -0.25) is 4.79 Å². The molecular weight excluding hydrogens is 570 g/mol. The summed E-state index contributed by atoms with van der Waals surface area (Å²) < 4.78 is 15.9. The second kappa shape index (κ2) is 13.8. The maximum atomic E-state index is 12.1. The molecule has 0 unspecified atom stereocenters. The van der Waals surface area contributed by atoms with E-state index < -0.39 is 0 Å². The van der Waals surface area contributed by atoms with Crippen molar-refractivity contribution in [3.63, 3.8) is 0 Å². The van der Waals surface area contributed by atoms with Crippen molar-refractivity contribution in [2.75, 3.05) is 0 Å². The van der Waals surface area contributed by atoms with Crippen LogP contribution in [0.5, 0.6) is 0 Å². The molecule has 11 nitrogen and oxygen atoms in total. The summed E-state index contributed by atoms with van der Waals surface area (Å²) in [5.41, 5.74) is 15.9. The number of nitrogens with zero attached hydrogens (tertiary/aromatic N) is 4. The van der Waals surface area contributed by atoms with E-state index in [1.165, 1.54) is 0 Å². The van der Waals surface area contributed by atoms with Gasteiger partial charge in [-0.15, -0.1) is 0 Å². The lowest BCUT2D eigenvalue weighted by Crippen LogP contribution is -2.06. The van der Waals surface area contributed by atoms with E-state index in [2.05, 4.69) is 30.2 Å². The van der Waals surface area contributed by atoms with Crippen LogP contribution in [0, 0.1) is 13.8 Å². The number of benzene rings is 3. The van der Waals surface area contributed by atoms with E-state index in [-0.39, 0.29) is 26.4 Å². The van der Waals surface area contributed by atoms with Crippen molar-refractivity contribution < 1.29 is 18.6 Å². The number of aromatic amines is 2. The molecule has 0 bridgehead atoms. The third-order valence-corrected chi connectivity index (χ3v) is 7.29. The predicted octanol–water partition coefficient (Wildman–Crippen LogP) is 6.82. The van der Waals surface area contributed by atoms with Gasteiger partial charge in [-0.25, -0.2) is 9.97 Å². The number of esters is 1. The number of hydrogen-bond acceptors (Lipinski definition) is 9. The molecule has 3 aromatic carbocycles. The Morgan fingerprint density at radius 3 is 1.93 bits per heavy atom. The van der Waals surface area contributed by atoms with Gasteiger partial charge in [0.15, 0.2) is 0 Å². The van der Waals surface area contributed by atoms with Crippen molar-refractivity contribution in [1.29, 1.82) is 0 Å². The van der Waals surface area contributed by atoms with Gasteiger partial charge in [0.1, 0.15) is 23.8 Å². The van der Waals surface area contributed by atoms with Gasteiger partial charge in [0.25, 0.3) is 0 Å². The Bertz CT molecular complexity index is 2020. The van der Waals surface area contributed by atoms with E-state index >= 15 is 0 Å². The van der Waals surface area contributed by atoms with E-state index in [0.717, 1.165) is 72.8 Å². The molecule has 4 N–H and O–H groups in total. The van der Waals surface area contributed by atoms with Gasteiger partial charge in [-0.2, -0.15) is 0 Å². The minimum atomic E-state index is -0.255. The van der Waals surface area contributed by atoms with Crippen molar-refractivity contribution >= 4 is 28.0 Å². The third-order valence-electron chi connectivity index (χ3n) is 7.29. The van der Waals surface area contributed by atoms with Crippen LogP contribution in [0.25, 0.3) is 44.3 Å². The average Bonchev–Trinajstić information content (AvgIpc) is 3.85. The molecular formula is C34H35N7O4. The molecule has 0 aliphatic rings. The molecule has 0 saturated carbocycles. The number of carbonyl (C=O) groups excluding carboxylic acids is 1. The second-order valence-electron chi connectivity index (χ2n) is 10.2. The first-order chi connectivity index (χ1) is 21.5. The Morgan fingerprint density at radius 1 is 0.800 bits per heavy atom. The number of aromatic nitrogens is 6. The van der Waals surface area contributed by atoms with Crippen LogP contribution in [-0.2, 0) is 29.1 Å². The van der Waals surface area contributed by atoms with Crippen LogP contribution in [0.1, 0.15) is 42.3 Å². The van der Waals surface area contributed by atoms with Gasteiger partial charge in [-0.1, -0.05) is 60.2 Å². The number of ether oxygens (including phenoxy) is 1. The van der Waals surface area contributed by atoms with Crippen LogP contribution in [-0.4, -0.2) is 36.2 Å². The van der Waals surface area contributed by atoms with Crippen molar-refractivity contribution in [1.82, 2.24) is 30.2 Å². The molecule has 0 aliphatic heterocycles. The van der Waals surface area contributed by atoms with Gasteiger partial charge in [0.05, 0.1) is 46.8 Å². The molecule has 11 heteroatoms. The summed E-state index contributed by atoms with van der Waals surface area (Å²) in [6.07, 6.45) is 4.05. The van der Waals surface area contributed by atoms with E-state index in [1.54, 1.807) is 12.7 Å².